The molecule has 136 valence electrons. The minimum atomic E-state index is -0.174. The van der Waals surface area contributed by atoms with Crippen LogP contribution >= 0.6 is 35.0 Å². The van der Waals surface area contributed by atoms with Crippen molar-refractivity contribution in [2.75, 3.05) is 12.3 Å². The van der Waals surface area contributed by atoms with Gasteiger partial charge >= 0.3 is 0 Å². The van der Waals surface area contributed by atoms with Gasteiger partial charge in [0.1, 0.15) is 0 Å². The van der Waals surface area contributed by atoms with Crippen molar-refractivity contribution in [3.8, 4) is 29.4 Å². The van der Waals surface area contributed by atoms with E-state index in [4.69, 9.17) is 29.6 Å². The maximum Gasteiger partial charge on any atom is 0.231 e. The van der Waals surface area contributed by atoms with Crippen LogP contribution in [-0.4, -0.2) is 33.0 Å². The summed E-state index contributed by atoms with van der Waals surface area (Å²) in [7, 11) is 0. The summed E-state index contributed by atoms with van der Waals surface area (Å²) in [5, 5.41) is 12.7. The SMILES string of the molecule is C#CCNC(=O)CSc1nnc(-c2ccc(Cl)cc2Cl)n1-c1ccccc1. The van der Waals surface area contributed by atoms with Crippen LogP contribution in [0.4, 0.5) is 0 Å². The Balaban J connectivity index is 1.99. The van der Waals surface area contributed by atoms with Crippen molar-refractivity contribution >= 4 is 40.9 Å². The third-order valence-electron chi connectivity index (χ3n) is 3.54. The second-order valence-corrected chi connectivity index (χ2v) is 7.16. The molecule has 1 amide bonds. The first-order valence-electron chi connectivity index (χ1n) is 7.89. The predicted molar refractivity (Wildman–Crippen MR) is 109 cm³/mol. The molecular weight excluding hydrogens is 403 g/mol. The molecule has 0 unspecified atom stereocenters. The molecule has 0 fully saturated rings. The quantitative estimate of drug-likeness (QED) is 0.485. The van der Waals surface area contributed by atoms with Crippen molar-refractivity contribution in [3.63, 3.8) is 0 Å². The third-order valence-corrected chi connectivity index (χ3v) is 5.02. The van der Waals surface area contributed by atoms with Gasteiger partial charge in [-0.15, -0.1) is 16.6 Å². The highest BCUT2D eigenvalue weighted by molar-refractivity contribution is 7.99. The molecule has 8 heteroatoms. The van der Waals surface area contributed by atoms with Crippen LogP contribution in [-0.2, 0) is 4.79 Å². The van der Waals surface area contributed by atoms with Crippen LogP contribution in [0.3, 0.4) is 0 Å². The number of thioether (sulfide) groups is 1. The monoisotopic (exact) mass is 416 g/mol. The van der Waals surface area contributed by atoms with Gasteiger partial charge in [-0.3, -0.25) is 9.36 Å². The Bertz CT molecular complexity index is 999. The topological polar surface area (TPSA) is 59.8 Å². The van der Waals surface area contributed by atoms with Crippen molar-refractivity contribution in [1.29, 1.82) is 0 Å². The molecule has 1 heterocycles. The number of benzene rings is 2. The standard InChI is InChI=1S/C19H14Cl2N4OS/c1-2-10-22-17(26)12-27-19-24-23-18(15-9-8-13(20)11-16(15)21)25(19)14-6-4-3-5-7-14/h1,3-9,11H,10,12H2,(H,22,26). The maximum atomic E-state index is 11.9. The van der Waals surface area contributed by atoms with Crippen molar-refractivity contribution in [3.05, 3.63) is 58.6 Å². The first-order chi connectivity index (χ1) is 13.1. The molecule has 0 aliphatic rings. The molecular formula is C19H14Cl2N4OS. The van der Waals surface area contributed by atoms with E-state index in [1.165, 1.54) is 11.8 Å². The Morgan fingerprint density at radius 2 is 1.96 bits per heavy atom. The third kappa shape index (κ3) is 4.64. The highest BCUT2D eigenvalue weighted by Gasteiger charge is 2.19. The second kappa shape index (κ2) is 8.96. The van der Waals surface area contributed by atoms with E-state index in [1.54, 1.807) is 18.2 Å². The first kappa shape index (κ1) is 19.3. The Kier molecular flexibility index (Phi) is 6.40. The van der Waals surface area contributed by atoms with E-state index in [2.05, 4.69) is 21.4 Å². The molecule has 0 radical (unpaired) electrons. The number of rotatable bonds is 6. The van der Waals surface area contributed by atoms with Crippen LogP contribution in [0.25, 0.3) is 17.1 Å². The molecule has 5 nitrogen and oxygen atoms in total. The molecule has 0 spiro atoms. The van der Waals surface area contributed by atoms with Crippen molar-refractivity contribution in [1.82, 2.24) is 20.1 Å². The van der Waals surface area contributed by atoms with Gasteiger partial charge in [-0.1, -0.05) is 59.1 Å². The highest BCUT2D eigenvalue weighted by Crippen LogP contribution is 2.33. The maximum absolute atomic E-state index is 11.9. The summed E-state index contributed by atoms with van der Waals surface area (Å²) in [5.41, 5.74) is 1.55. The lowest BCUT2D eigenvalue weighted by molar-refractivity contribution is -0.118. The Morgan fingerprint density at radius 1 is 1.19 bits per heavy atom. The number of amides is 1. The lowest BCUT2D eigenvalue weighted by atomic mass is 10.2. The van der Waals surface area contributed by atoms with Crippen LogP contribution in [0.5, 0.6) is 0 Å². The molecule has 0 saturated heterocycles. The van der Waals surface area contributed by atoms with Crippen LogP contribution in [0.2, 0.25) is 10.0 Å². The van der Waals surface area contributed by atoms with Gasteiger partial charge in [-0.05, 0) is 30.3 Å². The zero-order valence-electron chi connectivity index (χ0n) is 14.0. The van der Waals surface area contributed by atoms with Crippen LogP contribution in [0, 0.1) is 12.3 Å². The van der Waals surface area contributed by atoms with Crippen LogP contribution in [0.15, 0.2) is 53.7 Å². The summed E-state index contributed by atoms with van der Waals surface area (Å²) in [6.07, 6.45) is 5.16. The normalized spacial score (nSPS) is 10.4. The average molecular weight is 417 g/mol. The summed E-state index contributed by atoms with van der Waals surface area (Å²) in [5.74, 6) is 2.93. The van der Waals surface area contributed by atoms with Gasteiger partial charge in [0.25, 0.3) is 0 Å². The lowest BCUT2D eigenvalue weighted by Crippen LogP contribution is -2.25. The number of carbonyl (C=O) groups excluding carboxylic acids is 1. The number of halogens is 2. The van der Waals surface area contributed by atoms with Gasteiger partial charge in [0.15, 0.2) is 11.0 Å². The number of nitrogens with one attached hydrogen (secondary N) is 1. The molecule has 0 bridgehead atoms. The average Bonchev–Trinajstić information content (AvgIpc) is 3.09. The van der Waals surface area contributed by atoms with E-state index in [0.717, 1.165) is 5.69 Å². The van der Waals surface area contributed by atoms with E-state index in [-0.39, 0.29) is 18.2 Å². The summed E-state index contributed by atoms with van der Waals surface area (Å²) >= 11 is 13.6. The smallest absolute Gasteiger partial charge is 0.231 e. The number of hydrogen-bond donors (Lipinski definition) is 1. The Labute approximate surface area is 171 Å². The van der Waals surface area contributed by atoms with E-state index >= 15 is 0 Å². The highest BCUT2D eigenvalue weighted by atomic mass is 35.5. The molecule has 0 saturated carbocycles. The van der Waals surface area contributed by atoms with Gasteiger partial charge in [0.2, 0.25) is 5.91 Å². The fraction of sp³-hybridized carbons (Fsp3) is 0.105. The van der Waals surface area contributed by atoms with Crippen molar-refractivity contribution < 1.29 is 4.79 Å². The fourth-order valence-corrected chi connectivity index (χ4v) is 3.62. The van der Waals surface area contributed by atoms with Gasteiger partial charge in [-0.2, -0.15) is 0 Å². The lowest BCUT2D eigenvalue weighted by Gasteiger charge is -2.11. The minimum absolute atomic E-state index is 0.168. The molecule has 1 aromatic heterocycles. The van der Waals surface area contributed by atoms with Gasteiger partial charge in [0.05, 0.1) is 17.3 Å². The number of para-hydroxylation sites is 1. The summed E-state index contributed by atoms with van der Waals surface area (Å²) < 4.78 is 1.86. The number of carbonyl (C=O) groups is 1. The predicted octanol–water partition coefficient (Wildman–Crippen LogP) is 4.08. The molecule has 2 aromatic carbocycles. The van der Waals surface area contributed by atoms with Crippen molar-refractivity contribution in [2.45, 2.75) is 5.16 Å². The molecule has 1 N–H and O–H groups in total. The fourth-order valence-electron chi connectivity index (χ4n) is 2.35. The summed E-state index contributed by atoms with van der Waals surface area (Å²) in [6, 6.07) is 14.8. The van der Waals surface area contributed by atoms with Crippen LogP contribution < -0.4 is 5.32 Å². The second-order valence-electron chi connectivity index (χ2n) is 5.37. The minimum Gasteiger partial charge on any atom is -0.344 e. The molecule has 27 heavy (non-hydrogen) atoms. The molecule has 3 rings (SSSR count). The number of nitrogens with zero attached hydrogens (tertiary/aromatic N) is 3. The summed E-state index contributed by atoms with van der Waals surface area (Å²) in [4.78, 5) is 11.9. The first-order valence-corrected chi connectivity index (χ1v) is 9.63. The van der Waals surface area contributed by atoms with Gasteiger partial charge in [0, 0.05) is 16.3 Å². The van der Waals surface area contributed by atoms with Crippen molar-refractivity contribution in [2.24, 2.45) is 0 Å². The zero-order chi connectivity index (χ0) is 19.2. The van der Waals surface area contributed by atoms with Crippen LogP contribution in [0.1, 0.15) is 0 Å². The van der Waals surface area contributed by atoms with Gasteiger partial charge < -0.3 is 5.32 Å². The summed E-state index contributed by atoms with van der Waals surface area (Å²) in [6.45, 7) is 0.191. The van der Waals surface area contributed by atoms with E-state index in [0.29, 0.717) is 26.6 Å². The van der Waals surface area contributed by atoms with E-state index in [9.17, 15) is 4.79 Å². The largest absolute Gasteiger partial charge is 0.344 e. The Hall–Kier alpha value is -2.46. The Morgan fingerprint density at radius 3 is 2.67 bits per heavy atom. The number of hydrogen-bond acceptors (Lipinski definition) is 4. The van der Waals surface area contributed by atoms with E-state index in [1.807, 2.05) is 34.9 Å². The molecule has 3 aromatic rings. The number of terminal acetylenes is 1. The van der Waals surface area contributed by atoms with E-state index < -0.39 is 0 Å². The van der Waals surface area contributed by atoms with Gasteiger partial charge in [-0.25, -0.2) is 0 Å². The number of aromatic nitrogens is 3. The molecule has 0 atom stereocenters. The zero-order valence-corrected chi connectivity index (χ0v) is 16.4. The molecule has 0 aliphatic heterocycles. The molecule has 0 aliphatic carbocycles.